The molecule has 0 aliphatic carbocycles. The standard InChI is InChI=1S/C11H9N3O/c1-7-8(3-5-15-7)11-13-9-2-4-12-6-10(9)14-11/h2-6H,1H3,(H,13,14). The van der Waals surface area contributed by atoms with Crippen molar-refractivity contribution in [2.75, 3.05) is 0 Å². The van der Waals surface area contributed by atoms with Gasteiger partial charge in [-0.25, -0.2) is 4.98 Å². The van der Waals surface area contributed by atoms with E-state index in [9.17, 15) is 0 Å². The number of nitrogens with one attached hydrogen (secondary N) is 1. The van der Waals surface area contributed by atoms with Crippen molar-refractivity contribution in [3.63, 3.8) is 0 Å². The summed E-state index contributed by atoms with van der Waals surface area (Å²) in [6.45, 7) is 1.92. The van der Waals surface area contributed by atoms with Crippen LogP contribution in [0.3, 0.4) is 0 Å². The summed E-state index contributed by atoms with van der Waals surface area (Å²) < 4.78 is 5.24. The molecule has 15 heavy (non-hydrogen) atoms. The van der Waals surface area contributed by atoms with Crippen LogP contribution in [0.25, 0.3) is 22.4 Å². The molecule has 3 aromatic rings. The summed E-state index contributed by atoms with van der Waals surface area (Å²) in [4.78, 5) is 11.7. The highest BCUT2D eigenvalue weighted by molar-refractivity contribution is 5.78. The van der Waals surface area contributed by atoms with E-state index in [1.807, 2.05) is 19.1 Å². The van der Waals surface area contributed by atoms with Crippen molar-refractivity contribution < 1.29 is 4.42 Å². The Kier molecular flexibility index (Phi) is 1.62. The van der Waals surface area contributed by atoms with E-state index >= 15 is 0 Å². The van der Waals surface area contributed by atoms with Gasteiger partial charge in [-0.05, 0) is 19.1 Å². The highest BCUT2D eigenvalue weighted by atomic mass is 16.3. The number of furan rings is 1. The van der Waals surface area contributed by atoms with E-state index in [-0.39, 0.29) is 0 Å². The zero-order valence-corrected chi connectivity index (χ0v) is 8.19. The average Bonchev–Trinajstić information content (AvgIpc) is 2.82. The predicted molar refractivity (Wildman–Crippen MR) is 56.3 cm³/mol. The summed E-state index contributed by atoms with van der Waals surface area (Å²) in [5, 5.41) is 0. The maximum atomic E-state index is 5.24. The third-order valence-electron chi connectivity index (χ3n) is 2.40. The first-order valence-electron chi connectivity index (χ1n) is 4.69. The number of nitrogens with zero attached hydrogens (tertiary/aromatic N) is 2. The van der Waals surface area contributed by atoms with Crippen LogP contribution >= 0.6 is 0 Å². The lowest BCUT2D eigenvalue weighted by atomic mass is 10.2. The topological polar surface area (TPSA) is 54.7 Å². The molecule has 0 aliphatic heterocycles. The number of aryl methyl sites for hydroxylation is 1. The van der Waals surface area contributed by atoms with Gasteiger partial charge in [-0.2, -0.15) is 0 Å². The van der Waals surface area contributed by atoms with E-state index in [2.05, 4.69) is 15.0 Å². The summed E-state index contributed by atoms with van der Waals surface area (Å²) in [6.07, 6.45) is 5.16. The van der Waals surface area contributed by atoms with Crippen molar-refractivity contribution in [1.29, 1.82) is 0 Å². The molecule has 0 aliphatic rings. The monoisotopic (exact) mass is 199 g/mol. The van der Waals surface area contributed by atoms with Crippen LogP contribution in [0, 0.1) is 6.92 Å². The van der Waals surface area contributed by atoms with E-state index in [1.165, 1.54) is 0 Å². The van der Waals surface area contributed by atoms with Crippen molar-refractivity contribution in [1.82, 2.24) is 15.0 Å². The molecule has 0 amide bonds. The Hall–Kier alpha value is -2.10. The molecule has 3 rings (SSSR count). The van der Waals surface area contributed by atoms with E-state index in [1.54, 1.807) is 18.7 Å². The van der Waals surface area contributed by atoms with Crippen molar-refractivity contribution >= 4 is 11.0 Å². The van der Waals surface area contributed by atoms with Gasteiger partial charge in [-0.3, -0.25) is 4.98 Å². The third-order valence-corrected chi connectivity index (χ3v) is 2.40. The fourth-order valence-electron chi connectivity index (χ4n) is 1.62. The zero-order chi connectivity index (χ0) is 10.3. The fraction of sp³-hybridized carbons (Fsp3) is 0.0909. The first-order chi connectivity index (χ1) is 7.34. The minimum absolute atomic E-state index is 0.823. The van der Waals surface area contributed by atoms with Crippen LogP contribution in [0.1, 0.15) is 5.76 Å². The molecule has 0 saturated carbocycles. The summed E-state index contributed by atoms with van der Waals surface area (Å²) in [5.74, 6) is 1.69. The van der Waals surface area contributed by atoms with Gasteiger partial charge in [0.25, 0.3) is 0 Å². The Bertz CT molecular complexity index is 576. The smallest absolute Gasteiger partial charge is 0.142 e. The Labute approximate surface area is 86.0 Å². The zero-order valence-electron chi connectivity index (χ0n) is 8.19. The minimum atomic E-state index is 0.823. The SMILES string of the molecule is Cc1occc1-c1nc2ccncc2[nH]1. The van der Waals surface area contributed by atoms with Gasteiger partial charge in [0.15, 0.2) is 0 Å². The molecule has 4 heteroatoms. The predicted octanol–water partition coefficient (Wildman–Crippen LogP) is 2.53. The maximum absolute atomic E-state index is 5.24. The number of aromatic nitrogens is 3. The number of fused-ring (bicyclic) bond motifs is 1. The number of rotatable bonds is 1. The number of aromatic amines is 1. The molecule has 3 heterocycles. The molecule has 4 nitrogen and oxygen atoms in total. The molecule has 0 unspecified atom stereocenters. The minimum Gasteiger partial charge on any atom is -0.469 e. The van der Waals surface area contributed by atoms with Gasteiger partial charge in [0.1, 0.15) is 11.6 Å². The number of hydrogen-bond donors (Lipinski definition) is 1. The number of H-pyrrole nitrogens is 1. The van der Waals surface area contributed by atoms with Crippen molar-refractivity contribution in [3.8, 4) is 11.4 Å². The lowest BCUT2D eigenvalue weighted by molar-refractivity contribution is 0.535. The maximum Gasteiger partial charge on any atom is 0.142 e. The molecule has 0 saturated heterocycles. The molecule has 0 bridgehead atoms. The van der Waals surface area contributed by atoms with Gasteiger partial charge >= 0.3 is 0 Å². The summed E-state index contributed by atoms with van der Waals surface area (Å²) in [6, 6.07) is 3.78. The fourth-order valence-corrected chi connectivity index (χ4v) is 1.62. The highest BCUT2D eigenvalue weighted by Gasteiger charge is 2.09. The van der Waals surface area contributed by atoms with Crippen LogP contribution in [0.5, 0.6) is 0 Å². The lowest BCUT2D eigenvalue weighted by Gasteiger charge is -1.90. The Morgan fingerprint density at radius 1 is 1.33 bits per heavy atom. The Balaban J connectivity index is 2.24. The van der Waals surface area contributed by atoms with Gasteiger partial charge in [-0.1, -0.05) is 0 Å². The van der Waals surface area contributed by atoms with Crippen LogP contribution in [0.15, 0.2) is 35.2 Å². The highest BCUT2D eigenvalue weighted by Crippen LogP contribution is 2.23. The third kappa shape index (κ3) is 1.22. The van der Waals surface area contributed by atoms with Crippen molar-refractivity contribution in [2.45, 2.75) is 6.92 Å². The number of imidazole rings is 1. The number of pyridine rings is 1. The molecule has 0 fully saturated rings. The molecule has 3 aromatic heterocycles. The van der Waals surface area contributed by atoms with Gasteiger partial charge < -0.3 is 9.40 Å². The molecule has 0 spiro atoms. The van der Waals surface area contributed by atoms with E-state index in [4.69, 9.17) is 4.42 Å². The van der Waals surface area contributed by atoms with Gasteiger partial charge in [-0.15, -0.1) is 0 Å². The second-order valence-electron chi connectivity index (χ2n) is 3.37. The van der Waals surface area contributed by atoms with Gasteiger partial charge in [0.2, 0.25) is 0 Å². The quantitative estimate of drug-likeness (QED) is 0.655. The summed E-state index contributed by atoms with van der Waals surface area (Å²) >= 11 is 0. The molecule has 0 aromatic carbocycles. The normalized spacial score (nSPS) is 11.0. The largest absolute Gasteiger partial charge is 0.469 e. The van der Waals surface area contributed by atoms with Crippen LogP contribution in [0.2, 0.25) is 0 Å². The first-order valence-corrected chi connectivity index (χ1v) is 4.69. The van der Waals surface area contributed by atoms with Crippen LogP contribution in [-0.4, -0.2) is 15.0 Å². The second-order valence-corrected chi connectivity index (χ2v) is 3.37. The molecule has 0 atom stereocenters. The first kappa shape index (κ1) is 8.23. The van der Waals surface area contributed by atoms with E-state index in [0.29, 0.717) is 0 Å². The molecule has 74 valence electrons. The molecule has 1 N–H and O–H groups in total. The lowest BCUT2D eigenvalue weighted by Crippen LogP contribution is -1.78. The molecule has 0 radical (unpaired) electrons. The van der Waals surface area contributed by atoms with Crippen LogP contribution < -0.4 is 0 Å². The summed E-state index contributed by atoms with van der Waals surface area (Å²) in [7, 11) is 0. The number of hydrogen-bond acceptors (Lipinski definition) is 3. The van der Waals surface area contributed by atoms with Gasteiger partial charge in [0, 0.05) is 6.20 Å². The summed E-state index contributed by atoms with van der Waals surface area (Å²) in [5.41, 5.74) is 2.85. The van der Waals surface area contributed by atoms with Crippen LogP contribution in [-0.2, 0) is 0 Å². The average molecular weight is 199 g/mol. The van der Waals surface area contributed by atoms with Crippen LogP contribution in [0.4, 0.5) is 0 Å². The van der Waals surface area contributed by atoms with Gasteiger partial charge in [0.05, 0.1) is 29.1 Å². The Morgan fingerprint density at radius 2 is 2.27 bits per heavy atom. The second kappa shape index (κ2) is 2.95. The van der Waals surface area contributed by atoms with E-state index < -0.39 is 0 Å². The molecular formula is C11H9N3O. The van der Waals surface area contributed by atoms with Crippen molar-refractivity contribution in [3.05, 3.63) is 36.5 Å². The van der Waals surface area contributed by atoms with Crippen molar-refractivity contribution in [2.24, 2.45) is 0 Å². The van der Waals surface area contributed by atoms with E-state index in [0.717, 1.165) is 28.2 Å². The Morgan fingerprint density at radius 3 is 3.00 bits per heavy atom. The molecular weight excluding hydrogens is 190 g/mol.